The summed E-state index contributed by atoms with van der Waals surface area (Å²) in [6.45, 7) is 8.49. The minimum absolute atomic E-state index is 0.186. The quantitative estimate of drug-likeness (QED) is 0.256. The highest BCUT2D eigenvalue weighted by Crippen LogP contribution is 2.65. The fourth-order valence-corrected chi connectivity index (χ4v) is 7.91. The van der Waals surface area contributed by atoms with Gasteiger partial charge in [-0.25, -0.2) is 0 Å². The molecule has 9 heteroatoms. The summed E-state index contributed by atoms with van der Waals surface area (Å²) in [5.41, 5.74) is 1.16. The van der Waals surface area contributed by atoms with Crippen LogP contribution in [0, 0.1) is 0 Å². The summed E-state index contributed by atoms with van der Waals surface area (Å²) in [6.07, 6.45) is 0.186. The summed E-state index contributed by atoms with van der Waals surface area (Å²) in [5.74, 6) is -0.725. The second-order valence-corrected chi connectivity index (χ2v) is 11.7. The Morgan fingerprint density at radius 2 is 1.15 bits per heavy atom. The molecule has 0 heterocycles. The summed E-state index contributed by atoms with van der Waals surface area (Å²) in [4.78, 5) is 0. The van der Waals surface area contributed by atoms with Crippen LogP contribution in [0.2, 0.25) is 0 Å². The summed E-state index contributed by atoms with van der Waals surface area (Å²) in [6, 6.07) is 19.2. The van der Waals surface area contributed by atoms with E-state index in [4.69, 9.17) is 18.1 Å². The van der Waals surface area contributed by atoms with E-state index in [1.54, 1.807) is 27.7 Å². The summed E-state index contributed by atoms with van der Waals surface area (Å²) in [5, 5.41) is 3.36. The average Bonchev–Trinajstić information content (AvgIpc) is 2.81. The zero-order valence-electron chi connectivity index (χ0n) is 20.0. The van der Waals surface area contributed by atoms with Gasteiger partial charge in [0.15, 0.2) is 0 Å². The molecule has 2 aromatic rings. The number of hydrogen-bond donors (Lipinski definition) is 1. The molecule has 0 aliphatic rings. The van der Waals surface area contributed by atoms with Gasteiger partial charge >= 0.3 is 15.2 Å². The molecule has 2 rings (SSSR count). The Balaban J connectivity index is 2.47. The minimum Gasteiger partial charge on any atom is -0.308 e. The van der Waals surface area contributed by atoms with E-state index in [9.17, 15) is 9.13 Å². The summed E-state index contributed by atoms with van der Waals surface area (Å²) in [7, 11) is -7.17. The summed E-state index contributed by atoms with van der Waals surface area (Å²) < 4.78 is 50.6. The fraction of sp³-hybridized carbons (Fsp3) is 0.500. The van der Waals surface area contributed by atoms with E-state index >= 15 is 0 Å². The van der Waals surface area contributed by atoms with Crippen molar-refractivity contribution in [1.82, 2.24) is 5.32 Å². The van der Waals surface area contributed by atoms with E-state index < -0.39 is 26.6 Å². The Bertz CT molecular complexity index is 876. The van der Waals surface area contributed by atoms with E-state index in [0.717, 1.165) is 11.1 Å². The first kappa shape index (κ1) is 27.9. The standard InChI is InChI=1S/C24H37NO6P2/c1-5-28-32(26,29-6-2)23(22-17-13-10-14-18-22)19-24(33(27,30-7-3)31-8-4)25-20-21-15-11-9-12-16-21/h9-18,23-25H,5-8,19-20H2,1-4H3. The molecule has 0 fully saturated rings. The van der Waals surface area contributed by atoms with Gasteiger partial charge in [-0.15, -0.1) is 0 Å². The van der Waals surface area contributed by atoms with Gasteiger partial charge in [-0.05, 0) is 45.2 Å². The maximum Gasteiger partial charge on any atom is 0.347 e. The zero-order valence-corrected chi connectivity index (χ0v) is 21.8. The molecule has 0 radical (unpaired) electrons. The second kappa shape index (κ2) is 14.2. The molecule has 0 bridgehead atoms. The fourth-order valence-electron chi connectivity index (χ4n) is 3.64. The Morgan fingerprint density at radius 3 is 1.64 bits per heavy atom. The first-order valence-electron chi connectivity index (χ1n) is 11.5. The van der Waals surface area contributed by atoms with Gasteiger partial charge in [0, 0.05) is 6.54 Å². The van der Waals surface area contributed by atoms with Crippen LogP contribution in [0.25, 0.3) is 0 Å². The van der Waals surface area contributed by atoms with E-state index in [1.165, 1.54) is 0 Å². The Kier molecular flexibility index (Phi) is 12.0. The first-order valence-corrected chi connectivity index (χ1v) is 14.7. The molecule has 0 aliphatic carbocycles. The molecule has 2 unspecified atom stereocenters. The monoisotopic (exact) mass is 497 g/mol. The third kappa shape index (κ3) is 8.15. The topological polar surface area (TPSA) is 83.1 Å². The smallest absolute Gasteiger partial charge is 0.308 e. The molecule has 184 valence electrons. The molecule has 33 heavy (non-hydrogen) atoms. The molecular weight excluding hydrogens is 460 g/mol. The van der Waals surface area contributed by atoms with Crippen molar-refractivity contribution < 1.29 is 27.2 Å². The lowest BCUT2D eigenvalue weighted by Crippen LogP contribution is -2.32. The van der Waals surface area contributed by atoms with Gasteiger partial charge in [-0.3, -0.25) is 14.4 Å². The van der Waals surface area contributed by atoms with Gasteiger partial charge in [-0.2, -0.15) is 0 Å². The molecule has 2 atom stereocenters. The first-order chi connectivity index (χ1) is 15.9. The molecule has 0 spiro atoms. The van der Waals surface area contributed by atoms with Crippen LogP contribution >= 0.6 is 15.2 Å². The maximum absolute atomic E-state index is 13.9. The number of rotatable bonds is 16. The predicted octanol–water partition coefficient (Wildman–Crippen LogP) is 6.77. The number of nitrogens with one attached hydrogen (secondary N) is 1. The van der Waals surface area contributed by atoms with Gasteiger partial charge in [0.05, 0.1) is 32.1 Å². The lowest BCUT2D eigenvalue weighted by molar-refractivity contribution is 0.198. The van der Waals surface area contributed by atoms with Crippen molar-refractivity contribution >= 4 is 15.2 Å². The maximum atomic E-state index is 13.9. The molecule has 0 saturated carbocycles. The SMILES string of the molecule is CCOP(=O)(OCC)C(CC(c1ccccc1)P(=O)(OCC)OCC)NCc1ccccc1. The van der Waals surface area contributed by atoms with Gasteiger partial charge < -0.3 is 18.1 Å². The highest BCUT2D eigenvalue weighted by Gasteiger charge is 2.44. The molecule has 0 aliphatic heterocycles. The van der Waals surface area contributed by atoms with Crippen LogP contribution < -0.4 is 5.32 Å². The van der Waals surface area contributed by atoms with Crippen LogP contribution in [-0.2, 0) is 33.8 Å². The highest BCUT2D eigenvalue weighted by molar-refractivity contribution is 7.55. The van der Waals surface area contributed by atoms with E-state index in [0.29, 0.717) is 6.54 Å². The van der Waals surface area contributed by atoms with Crippen molar-refractivity contribution in [2.24, 2.45) is 0 Å². The Morgan fingerprint density at radius 1 is 0.697 bits per heavy atom. The van der Waals surface area contributed by atoms with Crippen LogP contribution in [0.5, 0.6) is 0 Å². The predicted molar refractivity (Wildman–Crippen MR) is 133 cm³/mol. The normalized spacial score (nSPS) is 14.2. The van der Waals surface area contributed by atoms with Crippen molar-refractivity contribution in [2.45, 2.75) is 52.1 Å². The van der Waals surface area contributed by atoms with E-state index in [2.05, 4.69) is 5.32 Å². The molecule has 0 aromatic heterocycles. The third-order valence-electron chi connectivity index (χ3n) is 5.02. The van der Waals surface area contributed by atoms with Gasteiger partial charge in [-0.1, -0.05) is 60.7 Å². The average molecular weight is 498 g/mol. The summed E-state index contributed by atoms with van der Waals surface area (Å²) >= 11 is 0. The number of hydrogen-bond acceptors (Lipinski definition) is 7. The minimum atomic E-state index is -3.59. The molecular formula is C24H37NO6P2. The van der Waals surface area contributed by atoms with E-state index in [-0.39, 0.29) is 32.8 Å². The van der Waals surface area contributed by atoms with Gasteiger partial charge in [0.1, 0.15) is 5.78 Å². The van der Waals surface area contributed by atoms with E-state index in [1.807, 2.05) is 60.7 Å². The molecule has 7 nitrogen and oxygen atoms in total. The second-order valence-electron chi connectivity index (χ2n) is 7.30. The third-order valence-corrected chi connectivity index (χ3v) is 9.92. The Hall–Kier alpha value is -1.30. The van der Waals surface area contributed by atoms with Crippen LogP contribution in [0.3, 0.4) is 0 Å². The molecule has 2 aromatic carbocycles. The molecule has 0 amide bonds. The largest absolute Gasteiger partial charge is 0.347 e. The molecule has 0 saturated heterocycles. The van der Waals surface area contributed by atoms with Crippen LogP contribution in [-0.4, -0.2) is 32.2 Å². The lowest BCUT2D eigenvalue weighted by Gasteiger charge is -2.33. The highest BCUT2D eigenvalue weighted by atomic mass is 31.2. The van der Waals surface area contributed by atoms with Crippen LogP contribution in [0.4, 0.5) is 0 Å². The van der Waals surface area contributed by atoms with Crippen molar-refractivity contribution in [3.05, 3.63) is 71.8 Å². The van der Waals surface area contributed by atoms with Crippen molar-refractivity contribution in [1.29, 1.82) is 0 Å². The van der Waals surface area contributed by atoms with Gasteiger partial charge in [0.25, 0.3) is 0 Å². The molecule has 1 N–H and O–H groups in total. The van der Waals surface area contributed by atoms with Crippen molar-refractivity contribution in [2.75, 3.05) is 26.4 Å². The van der Waals surface area contributed by atoms with Crippen molar-refractivity contribution in [3.63, 3.8) is 0 Å². The van der Waals surface area contributed by atoms with Crippen LogP contribution in [0.15, 0.2) is 60.7 Å². The van der Waals surface area contributed by atoms with Gasteiger partial charge in [0.2, 0.25) is 0 Å². The lowest BCUT2D eigenvalue weighted by atomic mass is 10.1. The van der Waals surface area contributed by atoms with Crippen LogP contribution in [0.1, 0.15) is 50.9 Å². The van der Waals surface area contributed by atoms with Crippen molar-refractivity contribution in [3.8, 4) is 0 Å². The Labute approximate surface area is 198 Å². The number of benzene rings is 2. The zero-order chi connectivity index (χ0) is 24.2.